The van der Waals surface area contributed by atoms with Crippen molar-refractivity contribution in [1.82, 2.24) is 10.3 Å². The van der Waals surface area contributed by atoms with Crippen molar-refractivity contribution in [2.24, 2.45) is 0 Å². The molecule has 0 aromatic carbocycles. The summed E-state index contributed by atoms with van der Waals surface area (Å²) in [5.41, 5.74) is -0.820. The number of carbonyl (C=O) groups excluding carboxylic acids is 1. The van der Waals surface area contributed by atoms with E-state index in [0.717, 1.165) is 6.20 Å². The summed E-state index contributed by atoms with van der Waals surface area (Å²) in [7, 11) is -0.725. The molecule has 0 saturated carbocycles. The number of carbonyl (C=O) groups is 1. The van der Waals surface area contributed by atoms with E-state index in [9.17, 15) is 9.18 Å². The highest BCUT2D eigenvalue weighted by molar-refractivity contribution is 6.56. The average molecular weight is 378 g/mol. The third-order valence-electron chi connectivity index (χ3n) is 4.54. The van der Waals surface area contributed by atoms with Crippen molar-refractivity contribution in [3.8, 4) is 0 Å². The molecule has 1 aromatic rings. The minimum atomic E-state index is -0.725. The van der Waals surface area contributed by atoms with Gasteiger partial charge in [0.15, 0.2) is 0 Å². The number of nitrogens with one attached hydrogen (secondary N) is 1. The van der Waals surface area contributed by atoms with E-state index in [1.165, 1.54) is 6.20 Å². The fourth-order valence-corrected chi connectivity index (χ4v) is 2.39. The summed E-state index contributed by atoms with van der Waals surface area (Å²) in [6.45, 7) is 13.2. The normalized spacial score (nSPS) is 19.1. The Morgan fingerprint density at radius 2 is 1.89 bits per heavy atom. The van der Waals surface area contributed by atoms with Gasteiger partial charge in [-0.25, -0.2) is 9.18 Å². The molecule has 0 atom stereocenters. The van der Waals surface area contributed by atoms with Gasteiger partial charge in [0.05, 0.1) is 17.4 Å². The van der Waals surface area contributed by atoms with Crippen molar-refractivity contribution in [1.29, 1.82) is 0 Å². The monoisotopic (exact) mass is 378 g/mol. The van der Waals surface area contributed by atoms with Crippen molar-refractivity contribution in [3.63, 3.8) is 0 Å². The van der Waals surface area contributed by atoms with Crippen LogP contribution in [-0.2, 0) is 14.0 Å². The van der Waals surface area contributed by atoms with Crippen LogP contribution in [0.15, 0.2) is 23.9 Å². The number of halogens is 1. The number of aromatic nitrogens is 1. The number of hydrogen-bond acceptors (Lipinski definition) is 5. The molecule has 0 unspecified atom stereocenters. The second kappa shape index (κ2) is 7.60. The molecule has 0 aliphatic carbocycles. The number of alkyl carbamates (subject to hydrolysis) is 1. The number of hydrogen-bond donors (Lipinski definition) is 1. The Hall–Kier alpha value is -1.93. The Bertz CT molecular complexity index is 713. The molecule has 1 amide bonds. The molecule has 6 nitrogen and oxygen atoms in total. The van der Waals surface area contributed by atoms with Crippen LogP contribution in [0.5, 0.6) is 0 Å². The molecular weight excluding hydrogens is 350 g/mol. The summed E-state index contributed by atoms with van der Waals surface area (Å²) in [6.07, 6.45) is 3.67. The molecule has 8 heteroatoms. The maximum Gasteiger partial charge on any atom is 0.492 e. The van der Waals surface area contributed by atoms with Crippen LogP contribution in [-0.4, -0.2) is 41.5 Å². The number of amides is 1. The molecule has 1 aliphatic rings. The molecule has 0 radical (unpaired) electrons. The largest absolute Gasteiger partial charge is 0.492 e. The topological polar surface area (TPSA) is 69.7 Å². The lowest BCUT2D eigenvalue weighted by molar-refractivity contribution is 0.00578. The summed E-state index contributed by atoms with van der Waals surface area (Å²) in [6, 6.07) is 1.55. The van der Waals surface area contributed by atoms with Crippen molar-refractivity contribution in [2.75, 3.05) is 6.54 Å². The average Bonchev–Trinajstić information content (AvgIpc) is 2.71. The summed E-state index contributed by atoms with van der Waals surface area (Å²) in [4.78, 5) is 15.8. The molecule has 1 aliphatic heterocycles. The summed E-state index contributed by atoms with van der Waals surface area (Å²) < 4.78 is 31.4. The molecule has 148 valence electrons. The maximum absolute atomic E-state index is 14.1. The van der Waals surface area contributed by atoms with Gasteiger partial charge in [-0.05, 0) is 60.0 Å². The molecule has 1 aromatic heterocycles. The molecule has 2 heterocycles. The van der Waals surface area contributed by atoms with E-state index in [2.05, 4.69) is 10.3 Å². The van der Waals surface area contributed by atoms with Crippen LogP contribution >= 0.6 is 0 Å². The van der Waals surface area contributed by atoms with Crippen molar-refractivity contribution in [3.05, 3.63) is 35.3 Å². The molecule has 2 rings (SSSR count). The Kier molecular flexibility index (Phi) is 6.02. The molecule has 1 saturated heterocycles. The fraction of sp³-hybridized carbons (Fsp3) is 0.579. The molecule has 0 bridgehead atoms. The predicted molar refractivity (Wildman–Crippen MR) is 102 cm³/mol. The Labute approximate surface area is 160 Å². The second-order valence-electron chi connectivity index (χ2n) is 8.56. The van der Waals surface area contributed by atoms with Crippen molar-refractivity contribution >= 4 is 19.3 Å². The number of pyridine rings is 1. The van der Waals surface area contributed by atoms with Crippen LogP contribution in [0.2, 0.25) is 0 Å². The van der Waals surface area contributed by atoms with Crippen LogP contribution < -0.4 is 5.32 Å². The highest BCUT2D eigenvalue weighted by Gasteiger charge is 2.52. The van der Waals surface area contributed by atoms with Gasteiger partial charge in [0.25, 0.3) is 0 Å². The molecule has 27 heavy (non-hydrogen) atoms. The van der Waals surface area contributed by atoms with Gasteiger partial charge in [-0.1, -0.05) is 6.08 Å². The minimum absolute atomic E-state index is 0.0908. The summed E-state index contributed by atoms with van der Waals surface area (Å²) >= 11 is 0. The van der Waals surface area contributed by atoms with E-state index in [4.69, 9.17) is 14.0 Å². The lowest BCUT2D eigenvalue weighted by Crippen LogP contribution is -2.41. The maximum atomic E-state index is 14.1. The molecule has 1 N–H and O–H groups in total. The third kappa shape index (κ3) is 5.53. The van der Waals surface area contributed by atoms with Gasteiger partial charge >= 0.3 is 13.2 Å². The fourth-order valence-electron chi connectivity index (χ4n) is 2.39. The van der Waals surface area contributed by atoms with Gasteiger partial charge in [-0.15, -0.1) is 0 Å². The third-order valence-corrected chi connectivity index (χ3v) is 4.54. The van der Waals surface area contributed by atoms with Crippen molar-refractivity contribution < 1.29 is 23.2 Å². The Morgan fingerprint density at radius 1 is 1.30 bits per heavy atom. The number of rotatable bonds is 4. The zero-order valence-corrected chi connectivity index (χ0v) is 17.1. The second-order valence-corrected chi connectivity index (χ2v) is 8.56. The van der Waals surface area contributed by atoms with E-state index in [-0.39, 0.29) is 6.54 Å². The van der Waals surface area contributed by atoms with Crippen LogP contribution in [0.25, 0.3) is 6.08 Å². The van der Waals surface area contributed by atoms with Crippen LogP contribution in [0.4, 0.5) is 9.18 Å². The SMILES string of the molecule is CC(C)(C)OC(=O)NCC(=Cc1ccncc1F)B1OC(C)(C)C(C)(C)O1. The first kappa shape index (κ1) is 21.4. The smallest absolute Gasteiger partial charge is 0.444 e. The minimum Gasteiger partial charge on any atom is -0.444 e. The quantitative estimate of drug-likeness (QED) is 0.808. The summed E-state index contributed by atoms with van der Waals surface area (Å²) in [5.74, 6) is -0.469. The lowest BCUT2D eigenvalue weighted by atomic mass is 9.77. The van der Waals surface area contributed by atoms with Gasteiger partial charge in [0, 0.05) is 18.3 Å². The predicted octanol–water partition coefficient (Wildman–Crippen LogP) is 3.76. The van der Waals surface area contributed by atoms with E-state index in [0.29, 0.717) is 11.0 Å². The van der Waals surface area contributed by atoms with Crippen LogP contribution in [0, 0.1) is 5.82 Å². The van der Waals surface area contributed by atoms with E-state index in [1.807, 2.05) is 27.7 Å². The Balaban J connectivity index is 2.25. The zero-order chi connectivity index (χ0) is 20.5. The van der Waals surface area contributed by atoms with Crippen LogP contribution in [0.3, 0.4) is 0 Å². The highest BCUT2D eigenvalue weighted by Crippen LogP contribution is 2.38. The lowest BCUT2D eigenvalue weighted by Gasteiger charge is -2.32. The van der Waals surface area contributed by atoms with Gasteiger partial charge in [-0.2, -0.15) is 0 Å². The zero-order valence-electron chi connectivity index (χ0n) is 17.1. The van der Waals surface area contributed by atoms with E-state index >= 15 is 0 Å². The van der Waals surface area contributed by atoms with Crippen LogP contribution in [0.1, 0.15) is 54.0 Å². The number of ether oxygens (including phenoxy) is 1. The van der Waals surface area contributed by atoms with Gasteiger partial charge in [-0.3, -0.25) is 4.98 Å². The van der Waals surface area contributed by atoms with Gasteiger partial charge in [0.2, 0.25) is 0 Å². The number of nitrogens with zero attached hydrogens (tertiary/aromatic N) is 1. The van der Waals surface area contributed by atoms with Gasteiger partial charge < -0.3 is 19.4 Å². The standard InChI is InChI=1S/C19H28BFN2O4/c1-17(2,3)25-16(24)23-11-14(10-13-8-9-22-12-15(13)21)20-26-18(4,5)19(6,7)27-20/h8-10,12H,11H2,1-7H3,(H,23,24). The molecule has 0 spiro atoms. The Morgan fingerprint density at radius 3 is 2.41 bits per heavy atom. The van der Waals surface area contributed by atoms with Crippen molar-refractivity contribution in [2.45, 2.75) is 65.3 Å². The van der Waals surface area contributed by atoms with E-state index < -0.39 is 35.8 Å². The first-order valence-corrected chi connectivity index (χ1v) is 8.93. The van der Waals surface area contributed by atoms with Gasteiger partial charge in [0.1, 0.15) is 11.4 Å². The van der Waals surface area contributed by atoms with E-state index in [1.54, 1.807) is 32.9 Å². The highest BCUT2D eigenvalue weighted by atomic mass is 19.1. The first-order chi connectivity index (χ1) is 12.3. The summed E-state index contributed by atoms with van der Waals surface area (Å²) in [5, 5.41) is 2.68. The first-order valence-electron chi connectivity index (χ1n) is 8.93. The molecule has 1 fully saturated rings. The molecular formula is C19H28BFN2O4.